The minimum absolute atomic E-state index is 0.496. The van der Waals surface area contributed by atoms with Gasteiger partial charge in [0.1, 0.15) is 12.6 Å². The Balaban J connectivity index is 4.46. The molecular weight excluding hydrogens is 311 g/mol. The zero-order valence-electron chi connectivity index (χ0n) is 10.9. The number of guanidine groups is 1. The first-order valence-electron chi connectivity index (χ1n) is 5.26. The number of carboxylic acids is 1. The van der Waals surface area contributed by atoms with Crippen molar-refractivity contribution in [3.63, 3.8) is 0 Å². The number of aliphatic carboxylic acids is 1. The molecule has 0 aliphatic rings. The highest BCUT2D eigenvalue weighted by Crippen LogP contribution is 2.43. The molecule has 1 unspecified atom stereocenters. The number of phosphoric ester groups is 1. The highest BCUT2D eigenvalue weighted by molar-refractivity contribution is 7.48. The minimum Gasteiger partial charge on any atom is -0.480 e. The van der Waals surface area contributed by atoms with Crippen LogP contribution in [0.5, 0.6) is 0 Å². The highest BCUT2D eigenvalue weighted by Gasteiger charge is 2.32. The van der Waals surface area contributed by atoms with E-state index < -0.39 is 50.7 Å². The Morgan fingerprint density at radius 2 is 1.81 bits per heavy atom. The molecule has 0 radical (unpaired) electrons. The quantitative estimate of drug-likeness (QED) is 0.193. The van der Waals surface area contributed by atoms with Gasteiger partial charge in [-0.05, 0) is 0 Å². The monoisotopic (exact) mass is 326 g/mol. The predicted octanol–water partition coefficient (Wildman–Crippen LogP) is -2.20. The van der Waals surface area contributed by atoms with Crippen molar-refractivity contribution in [1.29, 1.82) is 5.41 Å². The largest absolute Gasteiger partial charge is 0.589 e. The molecule has 0 bridgehead atoms. The van der Waals surface area contributed by atoms with E-state index in [1.54, 1.807) is 0 Å². The van der Waals surface area contributed by atoms with Crippen molar-refractivity contribution in [3.05, 3.63) is 0 Å². The van der Waals surface area contributed by atoms with E-state index in [4.69, 9.17) is 26.9 Å². The summed E-state index contributed by atoms with van der Waals surface area (Å²) < 4.78 is 19.3. The average Bonchev–Trinajstić information content (AvgIpc) is 2.25. The van der Waals surface area contributed by atoms with E-state index in [9.17, 15) is 18.9 Å². The number of carbonyl (C=O) groups is 3. The zero-order chi connectivity index (χ0) is 16.8. The molecule has 120 valence electrons. The van der Waals surface area contributed by atoms with Crippen molar-refractivity contribution in [1.82, 2.24) is 4.90 Å². The summed E-state index contributed by atoms with van der Waals surface area (Å²) in [5, 5.41) is 15.4. The molecule has 0 heterocycles. The number of hydrogen-bond acceptors (Lipinski definition) is 8. The molecule has 7 N–H and O–H groups in total. The first-order valence-corrected chi connectivity index (χ1v) is 6.75. The average molecular weight is 326 g/mol. The lowest BCUT2D eigenvalue weighted by Crippen LogP contribution is -2.37. The third-order valence-electron chi connectivity index (χ3n) is 1.92. The normalized spacial score (nSPS) is 14.4. The highest BCUT2D eigenvalue weighted by atomic mass is 31.2. The van der Waals surface area contributed by atoms with Crippen LogP contribution in [0.3, 0.4) is 0 Å². The van der Waals surface area contributed by atoms with Crippen molar-refractivity contribution < 1.29 is 38.0 Å². The maximum atomic E-state index is 11.3. The number of nitrogens with two attached hydrogens (primary N) is 2. The van der Waals surface area contributed by atoms with Gasteiger partial charge in [-0.15, -0.1) is 0 Å². The molecule has 0 rings (SSSR count). The van der Waals surface area contributed by atoms with Crippen LogP contribution >= 0.6 is 7.82 Å². The molecule has 0 aromatic rings. The number of nitrogens with zero attached hydrogens (tertiary/aromatic N) is 1. The van der Waals surface area contributed by atoms with Crippen LogP contribution in [0.4, 0.5) is 0 Å². The lowest BCUT2D eigenvalue weighted by molar-refractivity contribution is -0.145. The van der Waals surface area contributed by atoms with Crippen LogP contribution in [0.1, 0.15) is 6.42 Å². The topological polar surface area (TPSA) is 206 Å². The van der Waals surface area contributed by atoms with E-state index in [2.05, 4.69) is 9.05 Å². The van der Waals surface area contributed by atoms with E-state index >= 15 is 0 Å². The number of carboxylic acid groups (broad SMARTS) is 1. The van der Waals surface area contributed by atoms with Gasteiger partial charge in [-0.25, -0.2) is 9.36 Å². The van der Waals surface area contributed by atoms with Crippen LogP contribution in [-0.2, 0) is 28.0 Å². The van der Waals surface area contributed by atoms with E-state index in [1.807, 2.05) is 0 Å². The fourth-order valence-electron chi connectivity index (χ4n) is 0.888. The van der Waals surface area contributed by atoms with E-state index in [1.165, 1.54) is 7.05 Å². The molecule has 0 spiro atoms. The Morgan fingerprint density at radius 1 is 1.33 bits per heavy atom. The summed E-state index contributed by atoms with van der Waals surface area (Å²) in [6.07, 6.45) is -0.884. The molecule has 0 amide bonds. The molecule has 0 saturated heterocycles. The standard InChI is InChI=1S/C8H15N4O8P/c1-12(8(10)11)3-6(14)20-21(17,18)19-5(13)2-4(9)7(15)16/h4H,2-3,9H2,1H3,(H3,10,11)(H,15,16)(H,17,18)/t4-/m0/s1. The van der Waals surface area contributed by atoms with E-state index in [0.29, 0.717) is 0 Å². The van der Waals surface area contributed by atoms with Crippen LogP contribution in [0, 0.1) is 5.41 Å². The van der Waals surface area contributed by atoms with Gasteiger partial charge in [-0.1, -0.05) is 0 Å². The van der Waals surface area contributed by atoms with Crippen molar-refractivity contribution in [2.24, 2.45) is 11.5 Å². The van der Waals surface area contributed by atoms with Crippen LogP contribution in [0.2, 0.25) is 0 Å². The fraction of sp³-hybridized carbons (Fsp3) is 0.500. The van der Waals surface area contributed by atoms with Gasteiger partial charge < -0.3 is 30.5 Å². The Bertz CT molecular complexity index is 455. The molecular formula is C8H15N4O8P. The molecule has 0 fully saturated rings. The molecule has 0 aliphatic carbocycles. The molecule has 21 heavy (non-hydrogen) atoms. The Morgan fingerprint density at radius 3 is 2.24 bits per heavy atom. The first kappa shape index (κ1) is 18.8. The number of likely N-dealkylation sites (N-methyl/N-ethyl adjacent to an activating group) is 1. The van der Waals surface area contributed by atoms with E-state index in [0.717, 1.165) is 4.90 Å². The van der Waals surface area contributed by atoms with Gasteiger partial charge in [0.15, 0.2) is 5.96 Å². The summed E-state index contributed by atoms with van der Waals surface area (Å²) in [4.78, 5) is 42.8. The van der Waals surface area contributed by atoms with Crippen molar-refractivity contribution in [2.45, 2.75) is 12.5 Å². The Labute approximate surface area is 118 Å². The second kappa shape index (κ2) is 7.57. The van der Waals surface area contributed by atoms with Gasteiger partial charge in [0.05, 0.1) is 6.42 Å². The summed E-state index contributed by atoms with van der Waals surface area (Å²) in [6.45, 7) is -0.633. The summed E-state index contributed by atoms with van der Waals surface area (Å²) in [6, 6.07) is -1.63. The molecule has 2 atom stereocenters. The number of rotatable bonds is 7. The van der Waals surface area contributed by atoms with Crippen molar-refractivity contribution >= 4 is 31.7 Å². The van der Waals surface area contributed by atoms with E-state index in [-0.39, 0.29) is 0 Å². The van der Waals surface area contributed by atoms with Crippen LogP contribution in [0.25, 0.3) is 0 Å². The summed E-state index contributed by atoms with van der Waals surface area (Å²) in [5.74, 6) is -4.72. The lowest BCUT2D eigenvalue weighted by atomic mass is 10.2. The van der Waals surface area contributed by atoms with Gasteiger partial charge in [-0.3, -0.25) is 19.9 Å². The smallest absolute Gasteiger partial charge is 0.480 e. The zero-order valence-corrected chi connectivity index (χ0v) is 11.8. The van der Waals surface area contributed by atoms with Gasteiger partial charge in [0.2, 0.25) is 0 Å². The number of hydrogen-bond donors (Lipinski definition) is 5. The molecule has 0 saturated carbocycles. The third kappa shape index (κ3) is 7.87. The van der Waals surface area contributed by atoms with Crippen LogP contribution in [-0.4, -0.2) is 58.4 Å². The fourth-order valence-corrected chi connectivity index (χ4v) is 1.57. The van der Waals surface area contributed by atoms with Crippen molar-refractivity contribution in [3.8, 4) is 0 Å². The summed E-state index contributed by atoms with van der Waals surface area (Å²) in [7, 11) is -3.82. The lowest BCUT2D eigenvalue weighted by Gasteiger charge is -2.17. The van der Waals surface area contributed by atoms with Crippen LogP contribution < -0.4 is 11.5 Å². The number of nitrogens with one attached hydrogen (secondary N) is 1. The van der Waals surface area contributed by atoms with Gasteiger partial charge in [-0.2, -0.15) is 0 Å². The minimum atomic E-state index is -5.06. The Hall–Kier alpha value is -2.17. The first-order chi connectivity index (χ1) is 9.44. The SMILES string of the molecule is CN(CC(=O)OP(=O)(O)OC(=O)C[C@H](N)C(=O)O)C(=N)N. The van der Waals surface area contributed by atoms with Gasteiger partial charge in [0, 0.05) is 7.05 Å². The molecule has 0 aliphatic heterocycles. The summed E-state index contributed by atoms with van der Waals surface area (Å²) in [5.41, 5.74) is 10.0. The van der Waals surface area contributed by atoms with Gasteiger partial charge in [0.25, 0.3) is 0 Å². The second-order valence-corrected chi connectivity index (χ2v) is 5.09. The van der Waals surface area contributed by atoms with Gasteiger partial charge >= 0.3 is 25.7 Å². The van der Waals surface area contributed by atoms with Crippen molar-refractivity contribution in [2.75, 3.05) is 13.6 Å². The molecule has 0 aromatic heterocycles. The maximum Gasteiger partial charge on any atom is 0.589 e. The number of phosphoric acid groups is 1. The maximum absolute atomic E-state index is 11.3. The summed E-state index contributed by atoms with van der Waals surface area (Å²) >= 11 is 0. The number of carbonyl (C=O) groups excluding carboxylic acids is 2. The van der Waals surface area contributed by atoms with Crippen LogP contribution in [0.15, 0.2) is 0 Å². The predicted molar refractivity (Wildman–Crippen MR) is 66.8 cm³/mol. The Kier molecular flexibility index (Phi) is 6.79. The molecule has 0 aromatic carbocycles. The second-order valence-electron chi connectivity index (χ2n) is 3.79. The molecule has 12 nitrogen and oxygen atoms in total. The molecule has 13 heteroatoms. The third-order valence-corrected chi connectivity index (χ3v) is 2.78.